The topological polar surface area (TPSA) is 61.4 Å². The van der Waals surface area contributed by atoms with Gasteiger partial charge in [-0.25, -0.2) is 14.8 Å². The van der Waals surface area contributed by atoms with E-state index in [1.807, 2.05) is 31.9 Å². The van der Waals surface area contributed by atoms with Crippen LogP contribution in [0.1, 0.15) is 16.8 Å². The van der Waals surface area contributed by atoms with Crippen molar-refractivity contribution in [1.29, 1.82) is 0 Å². The van der Waals surface area contributed by atoms with Crippen LogP contribution in [0.4, 0.5) is 35.3 Å². The number of amides is 2. The van der Waals surface area contributed by atoms with E-state index in [1.165, 1.54) is 11.0 Å². The number of hydrogen-bond donors (Lipinski definition) is 1. The Morgan fingerprint density at radius 3 is 2.53 bits per heavy atom. The molecule has 0 bridgehead atoms. The molecule has 1 aliphatic rings. The third kappa shape index (κ3) is 4.37. The Bertz CT molecular complexity index is 1160. The van der Waals surface area contributed by atoms with Crippen molar-refractivity contribution in [2.24, 2.45) is 0 Å². The normalized spacial score (nSPS) is 13.7. The molecule has 9 heteroatoms. The van der Waals surface area contributed by atoms with Crippen molar-refractivity contribution >= 4 is 23.4 Å². The van der Waals surface area contributed by atoms with Gasteiger partial charge in [-0.1, -0.05) is 12.1 Å². The molecule has 0 atom stereocenters. The number of carbonyl (C=O) groups is 1. The van der Waals surface area contributed by atoms with Crippen molar-refractivity contribution in [1.82, 2.24) is 9.97 Å². The molecule has 0 radical (unpaired) electrons. The molecule has 2 aromatic heterocycles. The van der Waals surface area contributed by atoms with Crippen molar-refractivity contribution in [3.05, 3.63) is 65.4 Å². The monoisotopic (exact) mass is 441 g/mol. The van der Waals surface area contributed by atoms with Crippen LogP contribution in [0.3, 0.4) is 0 Å². The lowest BCUT2D eigenvalue weighted by molar-refractivity contribution is -0.137. The van der Waals surface area contributed by atoms with Crippen LogP contribution in [0.25, 0.3) is 11.3 Å². The number of aromatic nitrogens is 2. The van der Waals surface area contributed by atoms with Gasteiger partial charge in [-0.3, -0.25) is 10.2 Å². The Labute approximate surface area is 183 Å². The number of urea groups is 1. The molecule has 0 unspecified atom stereocenters. The van der Waals surface area contributed by atoms with Gasteiger partial charge in [-0.15, -0.1) is 0 Å². The van der Waals surface area contributed by atoms with Crippen LogP contribution < -0.4 is 15.1 Å². The number of fused-ring (bicyclic) bond motifs is 1. The molecule has 166 valence electrons. The summed E-state index contributed by atoms with van der Waals surface area (Å²) in [5.74, 6) is 0.817. The van der Waals surface area contributed by atoms with E-state index in [9.17, 15) is 18.0 Å². The standard InChI is InChI=1S/C23H22F3N5O/c1-14-11-15(2)27-20(12-14)29-22(32)31-10-9-30(3)19-8-7-18(28-21(19)31)16-5-4-6-17(13-16)23(24,25)26/h4-8,11-13H,9-10H2,1-3H3,(H,27,29,32). The minimum atomic E-state index is -4.45. The van der Waals surface area contributed by atoms with Crippen LogP contribution in [0.2, 0.25) is 0 Å². The molecule has 4 rings (SSSR count). The number of pyridine rings is 2. The number of anilines is 3. The van der Waals surface area contributed by atoms with E-state index in [4.69, 9.17) is 0 Å². The molecule has 1 aliphatic heterocycles. The molecular formula is C23H22F3N5O. The zero-order chi connectivity index (χ0) is 23.0. The summed E-state index contributed by atoms with van der Waals surface area (Å²) < 4.78 is 39.4. The van der Waals surface area contributed by atoms with Crippen LogP contribution in [0.5, 0.6) is 0 Å². The lowest BCUT2D eigenvalue weighted by Gasteiger charge is -2.34. The molecule has 0 saturated carbocycles. The lowest BCUT2D eigenvalue weighted by Crippen LogP contribution is -2.45. The lowest BCUT2D eigenvalue weighted by atomic mass is 10.1. The van der Waals surface area contributed by atoms with Gasteiger partial charge < -0.3 is 4.90 Å². The van der Waals surface area contributed by atoms with Crippen molar-refractivity contribution in [2.75, 3.05) is 35.3 Å². The zero-order valence-corrected chi connectivity index (χ0v) is 17.9. The maximum Gasteiger partial charge on any atom is 0.416 e. The van der Waals surface area contributed by atoms with Crippen molar-refractivity contribution in [2.45, 2.75) is 20.0 Å². The molecule has 6 nitrogen and oxygen atoms in total. The molecule has 0 aliphatic carbocycles. The van der Waals surface area contributed by atoms with E-state index in [1.54, 1.807) is 24.3 Å². The third-order valence-electron chi connectivity index (χ3n) is 5.24. The second-order valence-electron chi connectivity index (χ2n) is 7.79. The SMILES string of the molecule is Cc1cc(C)nc(NC(=O)N2CCN(C)c3ccc(-c4cccc(C(F)(F)F)c4)nc32)c1. The molecule has 0 fully saturated rings. The molecule has 32 heavy (non-hydrogen) atoms. The van der Waals surface area contributed by atoms with Gasteiger partial charge in [0.1, 0.15) is 5.82 Å². The summed E-state index contributed by atoms with van der Waals surface area (Å²) in [5.41, 5.74) is 2.40. The average molecular weight is 441 g/mol. The molecule has 2 amide bonds. The van der Waals surface area contributed by atoms with Gasteiger partial charge in [0.05, 0.1) is 16.9 Å². The molecule has 0 spiro atoms. The van der Waals surface area contributed by atoms with Gasteiger partial charge in [0.25, 0.3) is 0 Å². The first-order valence-corrected chi connectivity index (χ1v) is 10.1. The fraction of sp³-hybridized carbons (Fsp3) is 0.261. The largest absolute Gasteiger partial charge is 0.416 e. The van der Waals surface area contributed by atoms with E-state index >= 15 is 0 Å². The number of benzene rings is 1. The molecule has 1 N–H and O–H groups in total. The first kappa shape index (κ1) is 21.6. The number of carbonyl (C=O) groups excluding carboxylic acids is 1. The van der Waals surface area contributed by atoms with Crippen molar-refractivity contribution < 1.29 is 18.0 Å². The van der Waals surface area contributed by atoms with Crippen LogP contribution >= 0.6 is 0 Å². The van der Waals surface area contributed by atoms with Gasteiger partial charge in [0.15, 0.2) is 5.82 Å². The van der Waals surface area contributed by atoms with Crippen LogP contribution in [0.15, 0.2) is 48.5 Å². The van der Waals surface area contributed by atoms with Gasteiger partial charge in [0.2, 0.25) is 0 Å². The zero-order valence-electron chi connectivity index (χ0n) is 17.9. The Morgan fingerprint density at radius 2 is 1.81 bits per heavy atom. The minimum Gasteiger partial charge on any atom is -0.370 e. The summed E-state index contributed by atoms with van der Waals surface area (Å²) >= 11 is 0. The number of alkyl halides is 3. The Balaban J connectivity index is 1.69. The molecule has 0 saturated heterocycles. The fourth-order valence-corrected chi connectivity index (χ4v) is 3.71. The fourth-order valence-electron chi connectivity index (χ4n) is 3.71. The summed E-state index contributed by atoms with van der Waals surface area (Å²) in [6, 6.07) is 11.7. The maximum absolute atomic E-state index is 13.1. The van der Waals surface area contributed by atoms with E-state index < -0.39 is 17.8 Å². The number of aryl methyl sites for hydroxylation is 2. The summed E-state index contributed by atoms with van der Waals surface area (Å²) in [4.78, 5) is 25.4. The number of nitrogens with zero attached hydrogens (tertiary/aromatic N) is 4. The first-order valence-electron chi connectivity index (χ1n) is 10.1. The Morgan fingerprint density at radius 1 is 1.03 bits per heavy atom. The summed E-state index contributed by atoms with van der Waals surface area (Å²) in [6.07, 6.45) is -4.45. The maximum atomic E-state index is 13.1. The van der Waals surface area contributed by atoms with Crippen molar-refractivity contribution in [3.63, 3.8) is 0 Å². The number of rotatable bonds is 2. The second kappa shape index (κ2) is 8.14. The van der Waals surface area contributed by atoms with Crippen LogP contribution in [-0.4, -0.2) is 36.1 Å². The summed E-state index contributed by atoms with van der Waals surface area (Å²) in [6.45, 7) is 4.72. The highest BCUT2D eigenvalue weighted by Gasteiger charge is 2.31. The first-order chi connectivity index (χ1) is 15.1. The predicted molar refractivity (Wildman–Crippen MR) is 118 cm³/mol. The van der Waals surface area contributed by atoms with Gasteiger partial charge in [-0.2, -0.15) is 13.2 Å². The summed E-state index contributed by atoms with van der Waals surface area (Å²) in [5, 5.41) is 2.81. The van der Waals surface area contributed by atoms with Gasteiger partial charge >= 0.3 is 12.2 Å². The third-order valence-corrected chi connectivity index (χ3v) is 5.24. The summed E-state index contributed by atoms with van der Waals surface area (Å²) in [7, 11) is 1.88. The molecular weight excluding hydrogens is 419 g/mol. The second-order valence-corrected chi connectivity index (χ2v) is 7.79. The van der Waals surface area contributed by atoms with E-state index in [0.717, 1.165) is 29.1 Å². The minimum absolute atomic E-state index is 0.326. The van der Waals surface area contributed by atoms with E-state index in [0.29, 0.717) is 36.0 Å². The average Bonchev–Trinajstić information content (AvgIpc) is 2.72. The Hall–Kier alpha value is -3.62. The molecule has 1 aromatic carbocycles. The quantitative estimate of drug-likeness (QED) is 0.589. The van der Waals surface area contributed by atoms with Gasteiger partial charge in [-0.05, 0) is 55.8 Å². The highest BCUT2D eigenvalue weighted by Crippen LogP contribution is 2.35. The number of hydrogen-bond acceptors (Lipinski definition) is 4. The van der Waals surface area contributed by atoms with Crippen molar-refractivity contribution in [3.8, 4) is 11.3 Å². The molecule has 3 aromatic rings. The van der Waals surface area contributed by atoms with Crippen LogP contribution in [-0.2, 0) is 6.18 Å². The highest BCUT2D eigenvalue weighted by atomic mass is 19.4. The smallest absolute Gasteiger partial charge is 0.370 e. The van der Waals surface area contributed by atoms with E-state index in [2.05, 4.69) is 15.3 Å². The predicted octanol–water partition coefficient (Wildman–Crippen LogP) is 5.27. The number of nitrogens with one attached hydrogen (secondary N) is 1. The number of likely N-dealkylation sites (N-methyl/N-ethyl adjacent to an activating group) is 1. The number of halogens is 3. The Kier molecular flexibility index (Phi) is 5.50. The highest BCUT2D eigenvalue weighted by molar-refractivity contribution is 6.03. The van der Waals surface area contributed by atoms with Crippen LogP contribution in [0, 0.1) is 13.8 Å². The van der Waals surface area contributed by atoms with E-state index in [-0.39, 0.29) is 0 Å². The van der Waals surface area contributed by atoms with Gasteiger partial charge in [0, 0.05) is 31.4 Å². The molecule has 3 heterocycles.